The van der Waals surface area contributed by atoms with Crippen LogP contribution in [0.4, 0.5) is 5.82 Å². The lowest BCUT2D eigenvalue weighted by Gasteiger charge is -2.08. The first kappa shape index (κ1) is 16.1. The molecule has 2 aromatic heterocycles. The summed E-state index contributed by atoms with van der Waals surface area (Å²) in [4.78, 5) is 16.5. The van der Waals surface area contributed by atoms with Crippen LogP contribution in [0.1, 0.15) is 11.1 Å². The average Bonchev–Trinajstić information content (AvgIpc) is 2.88. The Morgan fingerprint density at radius 2 is 2.04 bits per heavy atom. The topological polar surface area (TPSA) is 75.6 Å². The van der Waals surface area contributed by atoms with E-state index in [9.17, 15) is 4.79 Å². The summed E-state index contributed by atoms with van der Waals surface area (Å²) in [6, 6.07) is 11.6. The number of anilines is 1. The Balaban J connectivity index is 1.84. The fourth-order valence-electron chi connectivity index (χ4n) is 2.40. The summed E-state index contributed by atoms with van der Waals surface area (Å²) in [5.74, 6) is 0.947. The van der Waals surface area contributed by atoms with Crippen molar-refractivity contribution in [3.63, 3.8) is 0 Å². The third-order valence-electron chi connectivity index (χ3n) is 3.52. The second-order valence-corrected chi connectivity index (χ2v) is 5.96. The zero-order valence-corrected chi connectivity index (χ0v) is 14.2. The average molecular weight is 339 g/mol. The first-order chi connectivity index (χ1) is 11.5. The monoisotopic (exact) mass is 339 g/mol. The van der Waals surface area contributed by atoms with Crippen molar-refractivity contribution in [2.45, 2.75) is 20.4 Å². The summed E-state index contributed by atoms with van der Waals surface area (Å²) >= 11 is 5.26. The van der Waals surface area contributed by atoms with E-state index in [1.165, 1.54) is 0 Å². The molecule has 0 atom stereocenters. The lowest BCUT2D eigenvalue weighted by Crippen LogP contribution is -2.20. The maximum absolute atomic E-state index is 12.3. The van der Waals surface area contributed by atoms with Crippen LogP contribution in [0.2, 0.25) is 0 Å². The highest BCUT2D eigenvalue weighted by Crippen LogP contribution is 2.18. The molecule has 0 spiro atoms. The van der Waals surface area contributed by atoms with Gasteiger partial charge in [0, 0.05) is 11.8 Å². The smallest absolute Gasteiger partial charge is 0.245 e. The number of H-pyrrole nitrogens is 1. The van der Waals surface area contributed by atoms with Crippen LogP contribution in [-0.2, 0) is 11.3 Å². The summed E-state index contributed by atoms with van der Waals surface area (Å²) < 4.78 is 2.08. The zero-order chi connectivity index (χ0) is 17.1. The molecule has 0 aliphatic heterocycles. The van der Waals surface area contributed by atoms with Gasteiger partial charge in [-0.2, -0.15) is 5.10 Å². The minimum absolute atomic E-state index is 0.0637. The molecular weight excluding hydrogens is 322 g/mol. The van der Waals surface area contributed by atoms with E-state index in [1.807, 2.05) is 50.2 Å². The number of rotatable bonds is 4. The van der Waals surface area contributed by atoms with Crippen LogP contribution in [0.15, 0.2) is 42.6 Å². The number of benzene rings is 1. The number of aryl methyl sites for hydroxylation is 2. The summed E-state index contributed by atoms with van der Waals surface area (Å²) in [5, 5.41) is 9.78. The van der Waals surface area contributed by atoms with Gasteiger partial charge in [0.05, 0.1) is 0 Å². The highest BCUT2D eigenvalue weighted by Gasteiger charge is 2.13. The number of carbonyl (C=O) groups is 1. The van der Waals surface area contributed by atoms with Gasteiger partial charge in [0.2, 0.25) is 5.91 Å². The Kier molecular flexibility index (Phi) is 4.52. The Morgan fingerprint density at radius 3 is 2.79 bits per heavy atom. The van der Waals surface area contributed by atoms with Crippen LogP contribution in [0.5, 0.6) is 0 Å². The molecule has 0 bridgehead atoms. The minimum atomic E-state index is -0.209. The second kappa shape index (κ2) is 6.76. The molecule has 3 rings (SSSR count). The van der Waals surface area contributed by atoms with Crippen molar-refractivity contribution in [2.24, 2.45) is 0 Å². The summed E-state index contributed by atoms with van der Waals surface area (Å²) in [7, 11) is 0. The summed E-state index contributed by atoms with van der Waals surface area (Å²) in [6.45, 7) is 4.01. The number of aromatic nitrogens is 4. The Hall–Kier alpha value is -2.80. The Bertz CT molecular complexity index is 944. The standard InChI is InChI=1S/C17H17N5OS/c1-11-4-3-5-13(8-11)16-20-21-17(24)22(16)10-15(23)19-14-9-12(2)6-7-18-14/h3-9H,10H2,1-2H3,(H,21,24)(H,18,19,23). The third kappa shape index (κ3) is 3.57. The molecule has 0 saturated heterocycles. The molecule has 7 heteroatoms. The van der Waals surface area contributed by atoms with E-state index < -0.39 is 0 Å². The van der Waals surface area contributed by atoms with E-state index in [1.54, 1.807) is 10.8 Å². The van der Waals surface area contributed by atoms with Crippen molar-refractivity contribution in [3.8, 4) is 11.4 Å². The van der Waals surface area contributed by atoms with Gasteiger partial charge < -0.3 is 5.32 Å². The van der Waals surface area contributed by atoms with E-state index in [0.29, 0.717) is 16.4 Å². The van der Waals surface area contributed by atoms with Crippen molar-refractivity contribution < 1.29 is 4.79 Å². The largest absolute Gasteiger partial charge is 0.309 e. The van der Waals surface area contributed by atoms with E-state index in [2.05, 4.69) is 20.5 Å². The number of aromatic amines is 1. The van der Waals surface area contributed by atoms with Crippen LogP contribution in [0, 0.1) is 18.6 Å². The summed E-state index contributed by atoms with van der Waals surface area (Å²) in [5.41, 5.74) is 3.05. The minimum Gasteiger partial charge on any atom is -0.309 e. The fraction of sp³-hybridized carbons (Fsp3) is 0.176. The predicted octanol–water partition coefficient (Wildman–Crippen LogP) is 3.26. The van der Waals surface area contributed by atoms with Gasteiger partial charge >= 0.3 is 0 Å². The van der Waals surface area contributed by atoms with E-state index in [0.717, 1.165) is 16.7 Å². The van der Waals surface area contributed by atoms with Crippen LogP contribution in [0.25, 0.3) is 11.4 Å². The molecule has 2 N–H and O–H groups in total. The van der Waals surface area contributed by atoms with Gasteiger partial charge in [0.1, 0.15) is 12.4 Å². The van der Waals surface area contributed by atoms with Crippen molar-refractivity contribution in [1.82, 2.24) is 19.7 Å². The number of carbonyl (C=O) groups excluding carboxylic acids is 1. The van der Waals surface area contributed by atoms with Gasteiger partial charge in [0.15, 0.2) is 10.6 Å². The zero-order valence-electron chi connectivity index (χ0n) is 13.4. The second-order valence-electron chi connectivity index (χ2n) is 5.57. The lowest BCUT2D eigenvalue weighted by molar-refractivity contribution is -0.116. The fourth-order valence-corrected chi connectivity index (χ4v) is 2.60. The first-order valence-corrected chi connectivity index (χ1v) is 7.88. The van der Waals surface area contributed by atoms with E-state index >= 15 is 0 Å². The number of nitrogens with one attached hydrogen (secondary N) is 2. The highest BCUT2D eigenvalue weighted by molar-refractivity contribution is 7.71. The predicted molar refractivity (Wildman–Crippen MR) is 95.2 cm³/mol. The van der Waals surface area contributed by atoms with Gasteiger partial charge in [-0.05, 0) is 49.8 Å². The van der Waals surface area contributed by atoms with Gasteiger partial charge in [0.25, 0.3) is 0 Å². The molecule has 0 radical (unpaired) electrons. The van der Waals surface area contributed by atoms with Crippen molar-refractivity contribution in [1.29, 1.82) is 0 Å². The van der Waals surface area contributed by atoms with Crippen LogP contribution in [-0.4, -0.2) is 25.7 Å². The summed E-state index contributed by atoms with van der Waals surface area (Å²) in [6.07, 6.45) is 1.66. The Labute approximate surface area is 144 Å². The molecule has 1 aromatic carbocycles. The van der Waals surface area contributed by atoms with Crippen LogP contribution < -0.4 is 5.32 Å². The normalized spacial score (nSPS) is 10.6. The lowest BCUT2D eigenvalue weighted by atomic mass is 10.1. The number of nitrogens with zero attached hydrogens (tertiary/aromatic N) is 3. The van der Waals surface area contributed by atoms with Gasteiger partial charge in [-0.1, -0.05) is 23.8 Å². The SMILES string of the molecule is Cc1cccc(-c2n[nH]c(=S)n2CC(=O)Nc2cc(C)ccn2)c1. The van der Waals surface area contributed by atoms with E-state index in [4.69, 9.17) is 12.2 Å². The number of hydrogen-bond donors (Lipinski definition) is 2. The molecule has 6 nitrogen and oxygen atoms in total. The number of pyridine rings is 1. The molecule has 2 heterocycles. The van der Waals surface area contributed by atoms with Gasteiger partial charge in [-0.25, -0.2) is 4.98 Å². The molecule has 1 amide bonds. The molecule has 0 aliphatic rings. The quantitative estimate of drug-likeness (QED) is 0.716. The maximum atomic E-state index is 12.3. The molecule has 0 saturated carbocycles. The number of hydrogen-bond acceptors (Lipinski definition) is 4. The van der Waals surface area contributed by atoms with Crippen molar-refractivity contribution >= 4 is 23.9 Å². The molecule has 0 unspecified atom stereocenters. The van der Waals surface area contributed by atoms with Crippen LogP contribution >= 0.6 is 12.2 Å². The molecule has 0 aliphatic carbocycles. The molecule has 3 aromatic rings. The highest BCUT2D eigenvalue weighted by atomic mass is 32.1. The van der Waals surface area contributed by atoms with E-state index in [-0.39, 0.29) is 12.5 Å². The number of amides is 1. The van der Waals surface area contributed by atoms with Gasteiger partial charge in [-0.15, -0.1) is 0 Å². The Morgan fingerprint density at radius 1 is 1.25 bits per heavy atom. The van der Waals surface area contributed by atoms with Crippen LogP contribution in [0.3, 0.4) is 0 Å². The van der Waals surface area contributed by atoms with Crippen molar-refractivity contribution in [3.05, 3.63) is 58.5 Å². The molecule has 0 fully saturated rings. The first-order valence-electron chi connectivity index (χ1n) is 7.47. The molecule has 122 valence electrons. The van der Waals surface area contributed by atoms with Crippen molar-refractivity contribution in [2.75, 3.05) is 5.32 Å². The maximum Gasteiger partial charge on any atom is 0.245 e. The van der Waals surface area contributed by atoms with Gasteiger partial charge in [-0.3, -0.25) is 14.5 Å². The molecule has 24 heavy (non-hydrogen) atoms. The third-order valence-corrected chi connectivity index (χ3v) is 3.83. The molecular formula is C17H17N5OS.